The zero-order chi connectivity index (χ0) is 16.2. The maximum atomic E-state index is 10.3. The lowest BCUT2D eigenvalue weighted by Gasteiger charge is -2.24. The van der Waals surface area contributed by atoms with Gasteiger partial charge < -0.3 is 15.3 Å². The van der Waals surface area contributed by atoms with E-state index in [4.69, 9.17) is 5.11 Å². The highest BCUT2D eigenvalue weighted by Crippen LogP contribution is 2.26. The summed E-state index contributed by atoms with van der Waals surface area (Å²) in [6.07, 6.45) is 16.6. The van der Waals surface area contributed by atoms with Crippen molar-refractivity contribution >= 4 is 5.97 Å². The predicted molar refractivity (Wildman–Crippen MR) is 87.5 cm³/mol. The Morgan fingerprint density at radius 2 is 1.64 bits per heavy atom. The number of rotatable bonds is 9. The van der Waals surface area contributed by atoms with Crippen LogP contribution in [0.4, 0.5) is 0 Å². The summed E-state index contributed by atoms with van der Waals surface area (Å²) in [4.78, 5) is 10.3. The topological polar surface area (TPSA) is 77.8 Å². The van der Waals surface area contributed by atoms with Crippen LogP contribution in [0.5, 0.6) is 0 Å². The van der Waals surface area contributed by atoms with E-state index in [1.54, 1.807) is 18.2 Å². The van der Waals surface area contributed by atoms with Crippen molar-refractivity contribution in [1.82, 2.24) is 0 Å². The molecule has 0 aromatic rings. The van der Waals surface area contributed by atoms with Crippen molar-refractivity contribution in [3.8, 4) is 0 Å². The van der Waals surface area contributed by atoms with Crippen LogP contribution < -0.4 is 0 Å². The molecule has 0 heterocycles. The molecule has 0 aliphatic heterocycles. The lowest BCUT2D eigenvalue weighted by atomic mass is 9.85. The molecule has 1 rings (SSSR count). The number of carbonyl (C=O) groups is 1. The Hall–Kier alpha value is -1.39. The molecule has 3 N–H and O–H groups in total. The number of carboxylic acid groups (broad SMARTS) is 1. The van der Waals surface area contributed by atoms with E-state index in [0.29, 0.717) is 18.8 Å². The molecule has 0 saturated heterocycles. The van der Waals surface area contributed by atoms with Crippen molar-refractivity contribution in [1.29, 1.82) is 0 Å². The molecule has 22 heavy (non-hydrogen) atoms. The SMILES string of the molecule is O=C(O)CCC[C@H](O)\C=C/C=C/C=C/[C@@H](O)C1CCCCC1. The van der Waals surface area contributed by atoms with Crippen LogP contribution >= 0.6 is 0 Å². The molecule has 2 atom stereocenters. The van der Waals surface area contributed by atoms with Crippen molar-refractivity contribution in [3.05, 3.63) is 36.5 Å². The summed E-state index contributed by atoms with van der Waals surface area (Å²) in [5.74, 6) is -0.442. The number of hydrogen-bond donors (Lipinski definition) is 3. The standard InChI is InChI=1S/C18H28O4/c19-16(12-8-14-18(21)22)11-6-1-2-7-13-17(20)15-9-4-3-5-10-15/h1-2,6-7,11,13,15-17,19-20H,3-5,8-10,12,14H2,(H,21,22)/b2-1+,11-6-,13-7+/t16-,17-/m1/s1. The van der Waals surface area contributed by atoms with E-state index in [9.17, 15) is 15.0 Å². The first-order valence-electron chi connectivity index (χ1n) is 8.19. The predicted octanol–water partition coefficient (Wildman–Crippen LogP) is 3.21. The van der Waals surface area contributed by atoms with E-state index in [-0.39, 0.29) is 12.5 Å². The summed E-state index contributed by atoms with van der Waals surface area (Å²) in [7, 11) is 0. The van der Waals surface area contributed by atoms with Gasteiger partial charge >= 0.3 is 5.97 Å². The second kappa shape index (κ2) is 11.2. The Morgan fingerprint density at radius 1 is 1.00 bits per heavy atom. The van der Waals surface area contributed by atoms with Gasteiger partial charge in [0.25, 0.3) is 0 Å². The van der Waals surface area contributed by atoms with Crippen molar-refractivity contribution in [2.75, 3.05) is 0 Å². The van der Waals surface area contributed by atoms with Crippen molar-refractivity contribution in [2.45, 2.75) is 63.6 Å². The monoisotopic (exact) mass is 308 g/mol. The third-order valence-electron chi connectivity index (χ3n) is 4.00. The molecule has 124 valence electrons. The van der Waals surface area contributed by atoms with E-state index in [2.05, 4.69) is 0 Å². The average molecular weight is 308 g/mol. The molecule has 0 aromatic heterocycles. The van der Waals surface area contributed by atoms with Gasteiger partial charge in [-0.15, -0.1) is 0 Å². The molecule has 0 unspecified atom stereocenters. The third kappa shape index (κ3) is 8.80. The molecule has 4 heteroatoms. The lowest BCUT2D eigenvalue weighted by molar-refractivity contribution is -0.137. The van der Waals surface area contributed by atoms with Gasteiger partial charge in [-0.25, -0.2) is 0 Å². The zero-order valence-electron chi connectivity index (χ0n) is 13.1. The van der Waals surface area contributed by atoms with Crippen LogP contribution in [-0.2, 0) is 4.79 Å². The van der Waals surface area contributed by atoms with Gasteiger partial charge in [-0.1, -0.05) is 55.7 Å². The summed E-state index contributed by atoms with van der Waals surface area (Å²) < 4.78 is 0. The maximum absolute atomic E-state index is 10.3. The Morgan fingerprint density at radius 3 is 2.27 bits per heavy atom. The number of carboxylic acids is 1. The Bertz CT molecular complexity index is 392. The summed E-state index contributed by atoms with van der Waals surface area (Å²) >= 11 is 0. The molecule has 1 saturated carbocycles. The fourth-order valence-electron chi connectivity index (χ4n) is 2.69. The van der Waals surface area contributed by atoms with Gasteiger partial charge in [-0.3, -0.25) is 4.79 Å². The Balaban J connectivity index is 2.19. The minimum absolute atomic E-state index is 0.0858. The molecule has 4 nitrogen and oxygen atoms in total. The van der Waals surface area contributed by atoms with Crippen LogP contribution in [0.3, 0.4) is 0 Å². The molecular weight excluding hydrogens is 280 g/mol. The van der Waals surface area contributed by atoms with Gasteiger partial charge in [-0.2, -0.15) is 0 Å². The van der Waals surface area contributed by atoms with E-state index in [1.807, 2.05) is 18.2 Å². The molecule has 0 amide bonds. The van der Waals surface area contributed by atoms with Gasteiger partial charge in [0.1, 0.15) is 0 Å². The van der Waals surface area contributed by atoms with Gasteiger partial charge in [0.05, 0.1) is 12.2 Å². The highest BCUT2D eigenvalue weighted by Gasteiger charge is 2.18. The van der Waals surface area contributed by atoms with E-state index >= 15 is 0 Å². The Labute approximate surface area is 132 Å². The zero-order valence-corrected chi connectivity index (χ0v) is 13.1. The first kappa shape index (κ1) is 18.7. The normalized spacial score (nSPS) is 20.1. The third-order valence-corrected chi connectivity index (χ3v) is 4.00. The molecule has 0 spiro atoms. The molecule has 0 aromatic carbocycles. The number of allylic oxidation sites excluding steroid dienone is 4. The van der Waals surface area contributed by atoms with Crippen LogP contribution in [0.2, 0.25) is 0 Å². The van der Waals surface area contributed by atoms with Crippen LogP contribution in [0.15, 0.2) is 36.5 Å². The second-order valence-electron chi connectivity index (χ2n) is 5.90. The van der Waals surface area contributed by atoms with Crippen molar-refractivity contribution < 1.29 is 20.1 Å². The summed E-state index contributed by atoms with van der Waals surface area (Å²) in [6.45, 7) is 0. The summed E-state index contributed by atoms with van der Waals surface area (Å²) in [5, 5.41) is 28.1. The van der Waals surface area contributed by atoms with E-state index < -0.39 is 12.1 Å². The maximum Gasteiger partial charge on any atom is 0.303 e. The van der Waals surface area contributed by atoms with Crippen LogP contribution in [0, 0.1) is 5.92 Å². The first-order chi connectivity index (χ1) is 10.6. The summed E-state index contributed by atoms with van der Waals surface area (Å²) in [6, 6.07) is 0. The fourth-order valence-corrected chi connectivity index (χ4v) is 2.69. The number of aliphatic hydroxyl groups is 2. The lowest BCUT2D eigenvalue weighted by Crippen LogP contribution is -2.20. The molecule has 0 radical (unpaired) electrons. The molecular formula is C18H28O4. The van der Waals surface area contributed by atoms with Crippen LogP contribution in [0.1, 0.15) is 51.4 Å². The van der Waals surface area contributed by atoms with E-state index in [0.717, 1.165) is 12.8 Å². The highest BCUT2D eigenvalue weighted by atomic mass is 16.4. The summed E-state index contributed by atoms with van der Waals surface area (Å²) in [5.41, 5.74) is 0. The number of hydrogen-bond acceptors (Lipinski definition) is 3. The van der Waals surface area contributed by atoms with Gasteiger partial charge in [0.15, 0.2) is 0 Å². The largest absolute Gasteiger partial charge is 0.481 e. The minimum Gasteiger partial charge on any atom is -0.481 e. The quantitative estimate of drug-likeness (QED) is 0.572. The highest BCUT2D eigenvalue weighted by molar-refractivity contribution is 5.66. The van der Waals surface area contributed by atoms with Gasteiger partial charge in [0.2, 0.25) is 0 Å². The molecule has 0 bridgehead atoms. The van der Waals surface area contributed by atoms with Crippen molar-refractivity contribution in [2.24, 2.45) is 5.92 Å². The fraction of sp³-hybridized carbons (Fsp3) is 0.611. The molecule has 1 fully saturated rings. The number of aliphatic hydroxyl groups excluding tert-OH is 2. The Kier molecular flexibility index (Phi) is 9.51. The van der Waals surface area contributed by atoms with Gasteiger partial charge in [0, 0.05) is 6.42 Å². The smallest absolute Gasteiger partial charge is 0.303 e. The minimum atomic E-state index is -0.835. The molecule has 1 aliphatic rings. The van der Waals surface area contributed by atoms with Crippen LogP contribution in [0.25, 0.3) is 0 Å². The average Bonchev–Trinajstić information content (AvgIpc) is 2.51. The second-order valence-corrected chi connectivity index (χ2v) is 5.90. The van der Waals surface area contributed by atoms with Crippen LogP contribution in [-0.4, -0.2) is 33.5 Å². The van der Waals surface area contributed by atoms with Crippen molar-refractivity contribution in [3.63, 3.8) is 0 Å². The molecule has 1 aliphatic carbocycles. The van der Waals surface area contributed by atoms with E-state index in [1.165, 1.54) is 19.3 Å². The van der Waals surface area contributed by atoms with Gasteiger partial charge in [-0.05, 0) is 31.6 Å². The number of aliphatic carboxylic acids is 1. The first-order valence-corrected chi connectivity index (χ1v) is 8.19.